The fourth-order valence-corrected chi connectivity index (χ4v) is 4.40. The van der Waals surface area contributed by atoms with Gasteiger partial charge in [-0.3, -0.25) is 4.79 Å². The van der Waals surface area contributed by atoms with E-state index in [-0.39, 0.29) is 19.0 Å². The Balaban J connectivity index is 2.06. The maximum Gasteiger partial charge on any atom is 0.304 e. The normalized spacial score (nSPS) is 22.4. The number of hydrogen-bond acceptors (Lipinski definition) is 3. The van der Waals surface area contributed by atoms with Crippen molar-refractivity contribution in [2.45, 2.75) is 51.0 Å². The average Bonchev–Trinajstić information content (AvgIpc) is 3.15. The van der Waals surface area contributed by atoms with Crippen LogP contribution < -0.4 is 0 Å². The van der Waals surface area contributed by atoms with E-state index in [0.717, 1.165) is 38.5 Å². The monoisotopic (exact) mass is 290 g/mol. The molecule has 0 unspecified atom stereocenters. The van der Waals surface area contributed by atoms with Gasteiger partial charge in [0, 0.05) is 25.7 Å². The molecule has 0 aromatic carbocycles. The van der Waals surface area contributed by atoms with Crippen LogP contribution in [0.5, 0.6) is 0 Å². The Morgan fingerprint density at radius 3 is 2.21 bits per heavy atom. The van der Waals surface area contributed by atoms with E-state index in [0.29, 0.717) is 13.1 Å². The topological polar surface area (TPSA) is 77.9 Å². The predicted octanol–water partition coefficient (Wildman–Crippen LogP) is 1.05. The molecule has 0 aromatic rings. The first-order chi connectivity index (χ1) is 9.01. The molecule has 1 aliphatic heterocycles. The highest BCUT2D eigenvalue weighted by molar-refractivity contribution is 7.86. The fourth-order valence-electron chi connectivity index (χ4n) is 2.48. The Hall–Kier alpha value is -0.660. The fraction of sp³-hybridized carbons (Fsp3) is 0.917. The molecule has 2 rings (SSSR count). The molecule has 0 radical (unpaired) electrons. The quantitative estimate of drug-likeness (QED) is 0.793. The second-order valence-corrected chi connectivity index (χ2v) is 7.19. The highest BCUT2D eigenvalue weighted by atomic mass is 32.2. The van der Waals surface area contributed by atoms with Crippen molar-refractivity contribution in [3.63, 3.8) is 0 Å². The Kier molecular flexibility index (Phi) is 4.81. The summed E-state index contributed by atoms with van der Waals surface area (Å²) in [5.41, 5.74) is 0. The van der Waals surface area contributed by atoms with Crippen molar-refractivity contribution in [1.29, 1.82) is 0 Å². The lowest BCUT2D eigenvalue weighted by Crippen LogP contribution is -2.46. The van der Waals surface area contributed by atoms with Crippen molar-refractivity contribution in [1.82, 2.24) is 8.61 Å². The van der Waals surface area contributed by atoms with Crippen LogP contribution in [-0.2, 0) is 15.0 Å². The van der Waals surface area contributed by atoms with E-state index < -0.39 is 16.2 Å². The second kappa shape index (κ2) is 6.19. The van der Waals surface area contributed by atoms with Crippen molar-refractivity contribution < 1.29 is 18.3 Å². The summed E-state index contributed by atoms with van der Waals surface area (Å²) in [5, 5.41) is 8.75. The van der Waals surface area contributed by atoms with Crippen molar-refractivity contribution in [3.05, 3.63) is 0 Å². The van der Waals surface area contributed by atoms with Gasteiger partial charge in [0.15, 0.2) is 0 Å². The maximum atomic E-state index is 12.6. The zero-order valence-corrected chi connectivity index (χ0v) is 11.9. The van der Waals surface area contributed by atoms with Crippen molar-refractivity contribution in [2.75, 3.05) is 19.6 Å². The van der Waals surface area contributed by atoms with Gasteiger partial charge in [-0.1, -0.05) is 12.8 Å². The minimum atomic E-state index is -3.48. The third-order valence-electron chi connectivity index (χ3n) is 3.69. The molecule has 0 spiro atoms. The lowest BCUT2D eigenvalue weighted by Gasteiger charge is -2.28. The summed E-state index contributed by atoms with van der Waals surface area (Å²) in [6.45, 7) is 1.23. The summed E-state index contributed by atoms with van der Waals surface area (Å²) in [6, 6.07) is 0.0209. The van der Waals surface area contributed by atoms with E-state index in [9.17, 15) is 13.2 Å². The van der Waals surface area contributed by atoms with E-state index in [1.807, 2.05) is 0 Å². The molecule has 0 atom stereocenters. The highest BCUT2D eigenvalue weighted by Gasteiger charge is 2.40. The van der Waals surface area contributed by atoms with E-state index in [1.165, 1.54) is 4.31 Å². The first kappa shape index (κ1) is 14.7. The van der Waals surface area contributed by atoms with Gasteiger partial charge < -0.3 is 5.11 Å². The predicted molar refractivity (Wildman–Crippen MR) is 70.9 cm³/mol. The lowest BCUT2D eigenvalue weighted by molar-refractivity contribution is -0.137. The van der Waals surface area contributed by atoms with E-state index in [2.05, 4.69) is 0 Å². The SMILES string of the molecule is O=C(O)CCN(C1CC1)S(=O)(=O)N1CCCCCC1. The van der Waals surface area contributed by atoms with Crippen LogP contribution in [0, 0.1) is 0 Å². The summed E-state index contributed by atoms with van der Waals surface area (Å²) in [5.74, 6) is -0.947. The molecule has 1 heterocycles. The average molecular weight is 290 g/mol. The van der Waals surface area contributed by atoms with Crippen LogP contribution in [0.3, 0.4) is 0 Å². The molecule has 2 fully saturated rings. The van der Waals surface area contributed by atoms with Crippen molar-refractivity contribution >= 4 is 16.2 Å². The van der Waals surface area contributed by atoms with Crippen LogP contribution in [0.4, 0.5) is 0 Å². The molecule has 1 aliphatic carbocycles. The summed E-state index contributed by atoms with van der Waals surface area (Å²) in [4.78, 5) is 10.7. The number of hydrogen-bond donors (Lipinski definition) is 1. The Bertz CT molecular complexity index is 411. The standard InChI is InChI=1S/C12H22N2O4S/c15-12(16)7-10-14(11-5-6-11)19(17,18)13-8-3-1-2-4-9-13/h11H,1-10H2,(H,15,16). The number of rotatable bonds is 6. The molecule has 1 N–H and O–H groups in total. The van der Waals surface area contributed by atoms with Crippen LogP contribution in [0.2, 0.25) is 0 Å². The van der Waals surface area contributed by atoms with Crippen LogP contribution in [-0.4, -0.2) is 53.8 Å². The van der Waals surface area contributed by atoms with E-state index in [1.54, 1.807) is 4.31 Å². The summed E-state index contributed by atoms with van der Waals surface area (Å²) in [7, 11) is -3.48. The van der Waals surface area contributed by atoms with Gasteiger partial charge >= 0.3 is 5.97 Å². The molecule has 1 saturated carbocycles. The summed E-state index contributed by atoms with van der Waals surface area (Å²) < 4.78 is 28.1. The smallest absolute Gasteiger partial charge is 0.304 e. The van der Waals surface area contributed by atoms with Crippen molar-refractivity contribution in [2.24, 2.45) is 0 Å². The number of carboxylic acid groups (broad SMARTS) is 1. The molecule has 2 aliphatic rings. The zero-order valence-electron chi connectivity index (χ0n) is 11.1. The number of nitrogens with zero attached hydrogens (tertiary/aromatic N) is 2. The third-order valence-corrected chi connectivity index (χ3v) is 5.78. The molecule has 0 amide bonds. The Morgan fingerprint density at radius 2 is 1.74 bits per heavy atom. The van der Waals surface area contributed by atoms with E-state index >= 15 is 0 Å². The van der Waals surface area contributed by atoms with Crippen LogP contribution in [0.1, 0.15) is 44.9 Å². The van der Waals surface area contributed by atoms with Gasteiger partial charge in [0.2, 0.25) is 0 Å². The van der Waals surface area contributed by atoms with Gasteiger partial charge in [0.05, 0.1) is 6.42 Å². The first-order valence-corrected chi connectivity index (χ1v) is 8.40. The minimum absolute atomic E-state index is 0.0209. The number of carbonyl (C=O) groups is 1. The van der Waals surface area contributed by atoms with Gasteiger partial charge in [0.1, 0.15) is 0 Å². The molecule has 19 heavy (non-hydrogen) atoms. The van der Waals surface area contributed by atoms with E-state index in [4.69, 9.17) is 5.11 Å². The molecule has 1 saturated heterocycles. The van der Waals surface area contributed by atoms with Gasteiger partial charge in [-0.15, -0.1) is 0 Å². The van der Waals surface area contributed by atoms with Gasteiger partial charge in [-0.2, -0.15) is 17.0 Å². The molecule has 6 nitrogen and oxygen atoms in total. The highest BCUT2D eigenvalue weighted by Crippen LogP contribution is 2.31. The maximum absolute atomic E-state index is 12.6. The molecule has 0 aromatic heterocycles. The molecular weight excluding hydrogens is 268 g/mol. The number of aliphatic carboxylic acids is 1. The van der Waals surface area contributed by atoms with Crippen molar-refractivity contribution in [3.8, 4) is 0 Å². The zero-order chi connectivity index (χ0) is 13.9. The molecule has 0 bridgehead atoms. The third kappa shape index (κ3) is 3.90. The Labute approximate surface area is 114 Å². The van der Waals surface area contributed by atoms with Gasteiger partial charge in [0.25, 0.3) is 10.2 Å². The van der Waals surface area contributed by atoms with Gasteiger partial charge in [-0.05, 0) is 25.7 Å². The minimum Gasteiger partial charge on any atom is -0.481 e. The molecule has 110 valence electrons. The Morgan fingerprint density at radius 1 is 1.16 bits per heavy atom. The lowest BCUT2D eigenvalue weighted by atomic mass is 10.2. The summed E-state index contributed by atoms with van der Waals surface area (Å²) in [6.07, 6.45) is 5.53. The largest absolute Gasteiger partial charge is 0.481 e. The van der Waals surface area contributed by atoms with Crippen LogP contribution in [0.25, 0.3) is 0 Å². The first-order valence-electron chi connectivity index (χ1n) is 7.00. The van der Waals surface area contributed by atoms with Crippen LogP contribution in [0.15, 0.2) is 0 Å². The number of carboxylic acids is 1. The second-order valence-electron chi connectivity index (χ2n) is 5.31. The molecular formula is C12H22N2O4S. The van der Waals surface area contributed by atoms with Gasteiger partial charge in [-0.25, -0.2) is 0 Å². The molecule has 7 heteroatoms. The van der Waals surface area contributed by atoms with Crippen LogP contribution >= 0.6 is 0 Å². The summed E-state index contributed by atoms with van der Waals surface area (Å²) >= 11 is 0.